The Balaban J connectivity index is 1.93. The first-order valence-electron chi connectivity index (χ1n) is 5.93. The molecule has 2 aromatic heterocycles. The highest BCUT2D eigenvalue weighted by Gasteiger charge is 2.12. The van der Waals surface area contributed by atoms with Crippen molar-refractivity contribution in [3.05, 3.63) is 53.7 Å². The van der Waals surface area contributed by atoms with Crippen molar-refractivity contribution in [2.75, 3.05) is 5.32 Å². The molecule has 0 bridgehead atoms. The van der Waals surface area contributed by atoms with Gasteiger partial charge in [0.05, 0.1) is 0 Å². The molecule has 0 aliphatic rings. The standard InChI is InChI=1S/C14H10FN3O2/c1-8-7-12(18-20-8)17-14(19)11-6-5-9-3-2-4-10(15)13(9)16-11/h2-7H,1H3,(H,17,18,19). The molecule has 1 N–H and O–H groups in total. The molecule has 0 aliphatic carbocycles. The lowest BCUT2D eigenvalue weighted by Crippen LogP contribution is -2.14. The van der Waals surface area contributed by atoms with E-state index >= 15 is 0 Å². The fourth-order valence-electron chi connectivity index (χ4n) is 1.84. The number of pyridine rings is 1. The number of aromatic nitrogens is 2. The molecule has 3 aromatic rings. The van der Waals surface area contributed by atoms with Gasteiger partial charge in [0.15, 0.2) is 5.82 Å². The Morgan fingerprint density at radius 3 is 2.90 bits per heavy atom. The van der Waals surface area contributed by atoms with Crippen molar-refractivity contribution in [2.45, 2.75) is 6.92 Å². The second kappa shape index (κ2) is 4.73. The first kappa shape index (κ1) is 12.3. The molecule has 3 rings (SSSR count). The van der Waals surface area contributed by atoms with E-state index in [2.05, 4.69) is 15.5 Å². The molecule has 0 fully saturated rings. The van der Waals surface area contributed by atoms with Gasteiger partial charge in [-0.15, -0.1) is 0 Å². The molecule has 1 amide bonds. The topological polar surface area (TPSA) is 68.0 Å². The summed E-state index contributed by atoms with van der Waals surface area (Å²) in [6.45, 7) is 1.71. The van der Waals surface area contributed by atoms with Crippen LogP contribution in [-0.2, 0) is 0 Å². The van der Waals surface area contributed by atoms with Gasteiger partial charge in [-0.1, -0.05) is 23.4 Å². The van der Waals surface area contributed by atoms with Crippen molar-refractivity contribution in [1.82, 2.24) is 10.1 Å². The predicted octanol–water partition coefficient (Wildman–Crippen LogP) is 2.92. The number of hydrogen-bond donors (Lipinski definition) is 1. The highest BCUT2D eigenvalue weighted by atomic mass is 19.1. The minimum Gasteiger partial charge on any atom is -0.360 e. The third-order valence-electron chi connectivity index (χ3n) is 2.77. The van der Waals surface area contributed by atoms with E-state index in [4.69, 9.17) is 4.52 Å². The van der Waals surface area contributed by atoms with E-state index < -0.39 is 11.7 Å². The average molecular weight is 271 g/mol. The van der Waals surface area contributed by atoms with Crippen LogP contribution in [0.1, 0.15) is 16.2 Å². The van der Waals surface area contributed by atoms with Gasteiger partial charge in [-0.25, -0.2) is 9.37 Å². The van der Waals surface area contributed by atoms with Crippen molar-refractivity contribution in [3.63, 3.8) is 0 Å². The molecule has 100 valence electrons. The molecule has 0 atom stereocenters. The highest BCUT2D eigenvalue weighted by molar-refractivity contribution is 6.03. The average Bonchev–Trinajstić information content (AvgIpc) is 2.84. The number of halogens is 1. The van der Waals surface area contributed by atoms with Gasteiger partial charge < -0.3 is 9.84 Å². The summed E-state index contributed by atoms with van der Waals surface area (Å²) in [6.07, 6.45) is 0. The molecule has 0 spiro atoms. The third-order valence-corrected chi connectivity index (χ3v) is 2.77. The fraction of sp³-hybridized carbons (Fsp3) is 0.0714. The maximum absolute atomic E-state index is 13.6. The van der Waals surface area contributed by atoms with E-state index in [1.165, 1.54) is 12.1 Å². The number of amides is 1. The van der Waals surface area contributed by atoms with E-state index in [1.54, 1.807) is 31.2 Å². The van der Waals surface area contributed by atoms with E-state index in [-0.39, 0.29) is 11.2 Å². The number of nitrogens with one attached hydrogen (secondary N) is 1. The molecule has 0 radical (unpaired) electrons. The zero-order valence-corrected chi connectivity index (χ0v) is 10.6. The Morgan fingerprint density at radius 1 is 1.30 bits per heavy atom. The summed E-state index contributed by atoms with van der Waals surface area (Å²) in [7, 11) is 0. The lowest BCUT2D eigenvalue weighted by atomic mass is 10.2. The summed E-state index contributed by atoms with van der Waals surface area (Å²) in [5, 5.41) is 6.82. The lowest BCUT2D eigenvalue weighted by Gasteiger charge is -2.03. The van der Waals surface area contributed by atoms with Gasteiger partial charge in [0, 0.05) is 11.5 Å². The van der Waals surface area contributed by atoms with Crippen molar-refractivity contribution in [1.29, 1.82) is 0 Å². The van der Waals surface area contributed by atoms with Crippen LogP contribution in [0.5, 0.6) is 0 Å². The van der Waals surface area contributed by atoms with Crippen molar-refractivity contribution in [2.24, 2.45) is 0 Å². The van der Waals surface area contributed by atoms with Crippen LogP contribution in [0.25, 0.3) is 10.9 Å². The SMILES string of the molecule is Cc1cc(NC(=O)c2ccc3cccc(F)c3n2)no1. The van der Waals surface area contributed by atoms with Crippen LogP contribution in [0.3, 0.4) is 0 Å². The molecule has 6 heteroatoms. The summed E-state index contributed by atoms with van der Waals surface area (Å²) < 4.78 is 18.5. The minimum atomic E-state index is -0.469. The molecular weight excluding hydrogens is 261 g/mol. The number of para-hydroxylation sites is 1. The van der Waals surface area contributed by atoms with E-state index in [0.29, 0.717) is 17.0 Å². The number of rotatable bonds is 2. The number of aryl methyl sites for hydroxylation is 1. The van der Waals surface area contributed by atoms with E-state index in [0.717, 1.165) is 0 Å². The van der Waals surface area contributed by atoms with Gasteiger partial charge in [-0.05, 0) is 19.1 Å². The zero-order chi connectivity index (χ0) is 14.1. The second-order valence-corrected chi connectivity index (χ2v) is 4.28. The number of benzene rings is 1. The van der Waals surface area contributed by atoms with Gasteiger partial charge in [-0.3, -0.25) is 4.79 Å². The molecule has 0 saturated carbocycles. The number of anilines is 1. The quantitative estimate of drug-likeness (QED) is 0.778. The second-order valence-electron chi connectivity index (χ2n) is 4.28. The monoisotopic (exact) mass is 271 g/mol. The Labute approximate surface area is 113 Å². The van der Waals surface area contributed by atoms with Crippen molar-refractivity contribution < 1.29 is 13.7 Å². The molecule has 1 aromatic carbocycles. The van der Waals surface area contributed by atoms with Crippen molar-refractivity contribution >= 4 is 22.6 Å². The number of hydrogen-bond acceptors (Lipinski definition) is 4. The molecular formula is C14H10FN3O2. The number of carbonyl (C=O) groups is 1. The van der Waals surface area contributed by atoms with Crippen LogP contribution in [0.2, 0.25) is 0 Å². The van der Waals surface area contributed by atoms with Gasteiger partial charge in [0.1, 0.15) is 22.8 Å². The van der Waals surface area contributed by atoms with Gasteiger partial charge in [-0.2, -0.15) is 0 Å². The number of nitrogens with zero attached hydrogens (tertiary/aromatic N) is 2. The molecule has 20 heavy (non-hydrogen) atoms. The van der Waals surface area contributed by atoms with Crippen LogP contribution in [0.4, 0.5) is 10.2 Å². The number of fused-ring (bicyclic) bond motifs is 1. The Morgan fingerprint density at radius 2 is 2.15 bits per heavy atom. The Hall–Kier alpha value is -2.76. The molecule has 0 aliphatic heterocycles. The first-order valence-corrected chi connectivity index (χ1v) is 5.93. The van der Waals surface area contributed by atoms with Gasteiger partial charge >= 0.3 is 0 Å². The van der Waals surface area contributed by atoms with Crippen LogP contribution in [-0.4, -0.2) is 16.0 Å². The first-order chi connectivity index (χ1) is 9.63. The largest absolute Gasteiger partial charge is 0.360 e. The Kier molecular flexibility index (Phi) is 2.90. The summed E-state index contributed by atoms with van der Waals surface area (Å²) in [6, 6.07) is 9.39. The maximum atomic E-state index is 13.6. The van der Waals surface area contributed by atoms with Gasteiger partial charge in [0.2, 0.25) is 0 Å². The number of carbonyl (C=O) groups excluding carboxylic acids is 1. The highest BCUT2D eigenvalue weighted by Crippen LogP contribution is 2.16. The summed E-state index contributed by atoms with van der Waals surface area (Å²) in [5.74, 6) is -0.0568. The minimum absolute atomic E-state index is 0.114. The van der Waals surface area contributed by atoms with Crippen LogP contribution >= 0.6 is 0 Å². The normalized spacial score (nSPS) is 10.7. The third kappa shape index (κ3) is 2.23. The lowest BCUT2D eigenvalue weighted by molar-refractivity contribution is 0.102. The zero-order valence-electron chi connectivity index (χ0n) is 10.6. The summed E-state index contributed by atoms with van der Waals surface area (Å²) in [4.78, 5) is 16.0. The maximum Gasteiger partial charge on any atom is 0.275 e. The molecule has 0 unspecified atom stereocenters. The summed E-state index contributed by atoms with van der Waals surface area (Å²) >= 11 is 0. The molecule has 5 nitrogen and oxygen atoms in total. The van der Waals surface area contributed by atoms with Crippen LogP contribution in [0, 0.1) is 12.7 Å². The van der Waals surface area contributed by atoms with Crippen molar-refractivity contribution in [3.8, 4) is 0 Å². The Bertz CT molecular complexity index is 798. The fourth-order valence-corrected chi connectivity index (χ4v) is 1.84. The van der Waals surface area contributed by atoms with E-state index in [1.807, 2.05) is 0 Å². The predicted molar refractivity (Wildman–Crippen MR) is 70.9 cm³/mol. The van der Waals surface area contributed by atoms with E-state index in [9.17, 15) is 9.18 Å². The molecule has 0 saturated heterocycles. The molecule has 2 heterocycles. The van der Waals surface area contributed by atoms with Crippen LogP contribution < -0.4 is 5.32 Å². The summed E-state index contributed by atoms with van der Waals surface area (Å²) in [5.41, 5.74) is 0.278. The van der Waals surface area contributed by atoms with Gasteiger partial charge in [0.25, 0.3) is 5.91 Å². The van der Waals surface area contributed by atoms with Crippen LogP contribution in [0.15, 0.2) is 40.9 Å². The smallest absolute Gasteiger partial charge is 0.275 e.